The van der Waals surface area contributed by atoms with Crippen molar-refractivity contribution in [2.75, 3.05) is 6.54 Å². The van der Waals surface area contributed by atoms with E-state index >= 15 is 0 Å². The number of alkyl halides is 3. The molecule has 5 heteroatoms. The minimum atomic E-state index is -4.28. The van der Waals surface area contributed by atoms with Gasteiger partial charge in [-0.25, -0.2) is 0 Å². The summed E-state index contributed by atoms with van der Waals surface area (Å²) >= 11 is 0. The molecule has 2 nitrogen and oxygen atoms in total. The van der Waals surface area contributed by atoms with E-state index in [0.29, 0.717) is 18.7 Å². The van der Waals surface area contributed by atoms with Gasteiger partial charge in [0, 0.05) is 0 Å². The van der Waals surface area contributed by atoms with Gasteiger partial charge in [-0.2, -0.15) is 13.2 Å². The molecule has 1 fully saturated rings. The second kappa shape index (κ2) is 5.82. The van der Waals surface area contributed by atoms with Gasteiger partial charge in [0.25, 0.3) is 0 Å². The molecular weight excluding hydrogens is 255 g/mol. The van der Waals surface area contributed by atoms with Crippen molar-refractivity contribution in [3.63, 3.8) is 0 Å². The standard InChI is InChI=1S/C14H18F3NO/c1-2-9-18-13(14(15,16)17)10-3-5-11(6-4-10)19-12-7-8-12/h3-6,12-13,18H,2,7-9H2,1H3. The molecule has 0 radical (unpaired) electrons. The van der Waals surface area contributed by atoms with Crippen LogP contribution in [0.25, 0.3) is 0 Å². The predicted octanol–water partition coefficient (Wildman–Crippen LogP) is 3.83. The van der Waals surface area contributed by atoms with Crippen LogP contribution in [0.2, 0.25) is 0 Å². The van der Waals surface area contributed by atoms with E-state index < -0.39 is 12.2 Å². The molecule has 0 heterocycles. The monoisotopic (exact) mass is 273 g/mol. The maximum absolute atomic E-state index is 13.0. The van der Waals surface area contributed by atoms with E-state index in [4.69, 9.17) is 4.74 Å². The normalized spacial score (nSPS) is 17.3. The first-order valence-corrected chi connectivity index (χ1v) is 6.57. The number of benzene rings is 1. The maximum Gasteiger partial charge on any atom is 0.407 e. The maximum atomic E-state index is 13.0. The zero-order chi connectivity index (χ0) is 13.9. The van der Waals surface area contributed by atoms with Gasteiger partial charge in [-0.1, -0.05) is 19.1 Å². The Bertz CT molecular complexity index is 398. The van der Waals surface area contributed by atoms with Gasteiger partial charge in [0.15, 0.2) is 0 Å². The molecule has 1 aliphatic rings. The summed E-state index contributed by atoms with van der Waals surface area (Å²) in [5.41, 5.74) is 0.226. The van der Waals surface area contributed by atoms with Gasteiger partial charge in [-0.05, 0) is 43.5 Å². The van der Waals surface area contributed by atoms with Crippen LogP contribution in [0.4, 0.5) is 13.2 Å². The molecule has 1 aromatic rings. The highest BCUT2D eigenvalue weighted by atomic mass is 19.4. The van der Waals surface area contributed by atoms with Gasteiger partial charge >= 0.3 is 6.18 Å². The molecule has 0 spiro atoms. The van der Waals surface area contributed by atoms with Crippen molar-refractivity contribution in [1.29, 1.82) is 0 Å². The molecule has 0 saturated heterocycles. The number of hydrogen-bond donors (Lipinski definition) is 1. The van der Waals surface area contributed by atoms with Crippen molar-refractivity contribution >= 4 is 0 Å². The van der Waals surface area contributed by atoms with Gasteiger partial charge in [-0.15, -0.1) is 0 Å². The Morgan fingerprint density at radius 1 is 1.26 bits per heavy atom. The highest BCUT2D eigenvalue weighted by Gasteiger charge is 2.40. The van der Waals surface area contributed by atoms with E-state index in [2.05, 4.69) is 5.32 Å². The Kier molecular flexibility index (Phi) is 4.34. The van der Waals surface area contributed by atoms with Crippen molar-refractivity contribution in [2.45, 2.75) is 44.5 Å². The molecule has 1 aliphatic carbocycles. The van der Waals surface area contributed by atoms with Gasteiger partial charge in [0.05, 0.1) is 6.10 Å². The lowest BCUT2D eigenvalue weighted by molar-refractivity contribution is -0.157. The molecule has 0 bridgehead atoms. The van der Waals surface area contributed by atoms with E-state index in [1.807, 2.05) is 6.92 Å². The first-order valence-electron chi connectivity index (χ1n) is 6.57. The zero-order valence-electron chi connectivity index (χ0n) is 10.8. The van der Waals surface area contributed by atoms with Crippen LogP contribution >= 0.6 is 0 Å². The Balaban J connectivity index is 2.06. The Morgan fingerprint density at radius 3 is 2.37 bits per heavy atom. The number of halogens is 3. The lowest BCUT2D eigenvalue weighted by Gasteiger charge is -2.22. The highest BCUT2D eigenvalue weighted by molar-refractivity contribution is 5.30. The first-order chi connectivity index (χ1) is 9.00. The summed E-state index contributed by atoms with van der Waals surface area (Å²) in [6.45, 7) is 2.18. The van der Waals surface area contributed by atoms with Crippen LogP contribution in [0.3, 0.4) is 0 Å². The highest BCUT2D eigenvalue weighted by Crippen LogP contribution is 2.34. The molecule has 19 heavy (non-hydrogen) atoms. The van der Waals surface area contributed by atoms with Crippen LogP contribution in [0, 0.1) is 0 Å². The Hall–Kier alpha value is -1.23. The quantitative estimate of drug-likeness (QED) is 0.850. The Morgan fingerprint density at radius 2 is 1.89 bits per heavy atom. The molecule has 2 rings (SSSR count). The Labute approximate surface area is 111 Å². The summed E-state index contributed by atoms with van der Waals surface area (Å²) < 4.78 is 44.4. The van der Waals surface area contributed by atoms with E-state index in [1.54, 1.807) is 12.1 Å². The molecule has 0 aliphatic heterocycles. The number of nitrogens with one attached hydrogen (secondary N) is 1. The SMILES string of the molecule is CCCNC(c1ccc(OC2CC2)cc1)C(F)(F)F. The molecule has 1 saturated carbocycles. The van der Waals surface area contributed by atoms with Gasteiger partial charge in [0.2, 0.25) is 0 Å². The molecule has 0 aromatic heterocycles. The third-order valence-corrected chi connectivity index (χ3v) is 2.97. The third-order valence-electron chi connectivity index (χ3n) is 2.97. The second-order valence-electron chi connectivity index (χ2n) is 4.81. The van der Waals surface area contributed by atoms with Crippen LogP contribution in [-0.2, 0) is 0 Å². The summed E-state index contributed by atoms with van der Waals surface area (Å²) in [5, 5.41) is 2.53. The predicted molar refractivity (Wildman–Crippen MR) is 67.2 cm³/mol. The topological polar surface area (TPSA) is 21.3 Å². The lowest BCUT2D eigenvalue weighted by atomic mass is 10.1. The minimum absolute atomic E-state index is 0.226. The van der Waals surface area contributed by atoms with Gasteiger partial charge in [-0.3, -0.25) is 0 Å². The second-order valence-corrected chi connectivity index (χ2v) is 4.81. The van der Waals surface area contributed by atoms with Crippen molar-refractivity contribution in [3.8, 4) is 5.75 Å². The largest absolute Gasteiger partial charge is 0.490 e. The summed E-state index contributed by atoms with van der Waals surface area (Å²) in [6, 6.07) is 4.58. The molecular formula is C14H18F3NO. The van der Waals surface area contributed by atoms with Crippen molar-refractivity contribution in [3.05, 3.63) is 29.8 Å². The number of hydrogen-bond acceptors (Lipinski definition) is 2. The third kappa shape index (κ3) is 4.13. The average molecular weight is 273 g/mol. The average Bonchev–Trinajstić information content (AvgIpc) is 3.14. The van der Waals surface area contributed by atoms with Crippen molar-refractivity contribution in [1.82, 2.24) is 5.32 Å². The molecule has 0 amide bonds. The molecule has 1 unspecified atom stereocenters. The number of rotatable bonds is 6. The van der Waals surface area contributed by atoms with Crippen LogP contribution in [0.1, 0.15) is 37.8 Å². The number of ether oxygens (including phenoxy) is 1. The minimum Gasteiger partial charge on any atom is -0.490 e. The van der Waals surface area contributed by atoms with Crippen LogP contribution in [0.5, 0.6) is 5.75 Å². The fourth-order valence-corrected chi connectivity index (χ4v) is 1.83. The lowest BCUT2D eigenvalue weighted by Crippen LogP contribution is -2.34. The molecule has 1 N–H and O–H groups in total. The molecule has 1 aromatic carbocycles. The summed E-state index contributed by atoms with van der Waals surface area (Å²) in [4.78, 5) is 0. The molecule has 1 atom stereocenters. The fraction of sp³-hybridized carbons (Fsp3) is 0.571. The van der Waals surface area contributed by atoms with Crippen LogP contribution < -0.4 is 10.1 Å². The zero-order valence-corrected chi connectivity index (χ0v) is 10.8. The smallest absolute Gasteiger partial charge is 0.407 e. The van der Waals surface area contributed by atoms with Crippen LogP contribution in [-0.4, -0.2) is 18.8 Å². The van der Waals surface area contributed by atoms with E-state index in [9.17, 15) is 13.2 Å². The fourth-order valence-electron chi connectivity index (χ4n) is 1.83. The van der Waals surface area contributed by atoms with Crippen LogP contribution in [0.15, 0.2) is 24.3 Å². The van der Waals surface area contributed by atoms with Crippen molar-refractivity contribution in [2.24, 2.45) is 0 Å². The first kappa shape index (κ1) is 14.2. The van der Waals surface area contributed by atoms with E-state index in [1.165, 1.54) is 12.1 Å². The van der Waals surface area contributed by atoms with E-state index in [0.717, 1.165) is 12.8 Å². The van der Waals surface area contributed by atoms with Gasteiger partial charge < -0.3 is 10.1 Å². The van der Waals surface area contributed by atoms with Crippen molar-refractivity contribution < 1.29 is 17.9 Å². The van der Waals surface area contributed by atoms with Gasteiger partial charge in [0.1, 0.15) is 11.8 Å². The van der Waals surface area contributed by atoms with E-state index in [-0.39, 0.29) is 11.7 Å². The summed E-state index contributed by atoms with van der Waals surface area (Å²) in [5.74, 6) is 0.641. The summed E-state index contributed by atoms with van der Waals surface area (Å²) in [7, 11) is 0. The molecule has 106 valence electrons. The summed E-state index contributed by atoms with van der Waals surface area (Å²) in [6.07, 6.45) is -1.30.